The minimum atomic E-state index is -1.62. The third kappa shape index (κ3) is 4.45. The second-order valence-electron chi connectivity index (χ2n) is 8.45. The van der Waals surface area contributed by atoms with Crippen LogP contribution in [0.1, 0.15) is 42.4 Å². The van der Waals surface area contributed by atoms with E-state index in [0.717, 1.165) is 36.8 Å². The van der Waals surface area contributed by atoms with Gasteiger partial charge < -0.3 is 0 Å². The van der Waals surface area contributed by atoms with Gasteiger partial charge in [0.15, 0.2) is 12.3 Å². The van der Waals surface area contributed by atoms with Crippen LogP contribution in [0.2, 0.25) is 0 Å². The first-order valence-corrected chi connectivity index (χ1v) is 10.7. The van der Waals surface area contributed by atoms with E-state index in [-0.39, 0.29) is 11.7 Å². The maximum absolute atomic E-state index is 15.0. The molecule has 1 saturated carbocycles. The van der Waals surface area contributed by atoms with E-state index in [1.165, 1.54) is 6.07 Å². The summed E-state index contributed by atoms with van der Waals surface area (Å²) in [6.45, 7) is 1.87. The highest BCUT2D eigenvalue weighted by atomic mass is 19.2. The minimum absolute atomic E-state index is 0.0765. The molecule has 2 aliphatic carbocycles. The summed E-state index contributed by atoms with van der Waals surface area (Å²) in [6.07, 6.45) is 7.75. The third-order valence-corrected chi connectivity index (χ3v) is 6.38. The van der Waals surface area contributed by atoms with Crippen LogP contribution < -0.4 is 0 Å². The quantitative estimate of drug-likeness (QED) is 0.487. The monoisotopic (exact) mass is 408 g/mol. The molecule has 2 aromatic rings. The fraction of sp³-hybridized carbons (Fsp3) is 0.333. The zero-order valence-corrected chi connectivity index (χ0v) is 17.2. The molecule has 0 radical (unpaired) electrons. The molecule has 3 heteroatoms. The Morgan fingerprint density at radius 1 is 0.867 bits per heavy atom. The zero-order valence-electron chi connectivity index (χ0n) is 17.2. The number of halogens is 3. The third-order valence-electron chi connectivity index (χ3n) is 6.38. The van der Waals surface area contributed by atoms with Crippen molar-refractivity contribution in [1.29, 1.82) is 0 Å². The highest BCUT2D eigenvalue weighted by Crippen LogP contribution is 2.41. The van der Waals surface area contributed by atoms with Gasteiger partial charge in [0, 0.05) is 5.56 Å². The maximum Gasteiger partial charge on any atom is 0.161 e. The predicted octanol–water partition coefficient (Wildman–Crippen LogP) is 7.65. The van der Waals surface area contributed by atoms with Gasteiger partial charge in [-0.3, -0.25) is 0 Å². The number of hydrogen-bond donors (Lipinski definition) is 0. The van der Waals surface area contributed by atoms with Gasteiger partial charge in [-0.25, -0.2) is 13.2 Å². The van der Waals surface area contributed by atoms with Gasteiger partial charge in [0.1, 0.15) is 5.82 Å². The van der Waals surface area contributed by atoms with Gasteiger partial charge in [0.25, 0.3) is 0 Å². The molecule has 2 aromatic carbocycles. The Hall–Kier alpha value is -2.55. The van der Waals surface area contributed by atoms with Crippen molar-refractivity contribution in [2.45, 2.75) is 45.0 Å². The van der Waals surface area contributed by atoms with Crippen LogP contribution in [-0.4, -0.2) is 12.3 Å². The number of alkyl halides is 2. The van der Waals surface area contributed by atoms with Gasteiger partial charge in [0.05, 0.1) is 0 Å². The van der Waals surface area contributed by atoms with Gasteiger partial charge in [-0.15, -0.1) is 0 Å². The highest BCUT2D eigenvalue weighted by Gasteiger charge is 2.36. The van der Waals surface area contributed by atoms with Crippen molar-refractivity contribution in [2.75, 3.05) is 0 Å². The summed E-state index contributed by atoms with van der Waals surface area (Å²) < 4.78 is 43.8. The van der Waals surface area contributed by atoms with E-state index in [1.807, 2.05) is 49.4 Å². The van der Waals surface area contributed by atoms with Gasteiger partial charge in [-0.05, 0) is 72.8 Å². The topological polar surface area (TPSA) is 0 Å². The molecule has 0 N–H and O–H groups in total. The van der Waals surface area contributed by atoms with E-state index >= 15 is 0 Å². The normalized spacial score (nSPS) is 27.1. The van der Waals surface area contributed by atoms with E-state index in [4.69, 9.17) is 0 Å². The van der Waals surface area contributed by atoms with Gasteiger partial charge in [0.2, 0.25) is 0 Å². The van der Waals surface area contributed by atoms with E-state index in [0.29, 0.717) is 22.6 Å². The molecular formula is C27H27F3. The molecule has 156 valence electrons. The van der Waals surface area contributed by atoms with E-state index in [1.54, 1.807) is 18.2 Å². The van der Waals surface area contributed by atoms with E-state index in [9.17, 15) is 13.2 Å². The molecule has 0 spiro atoms. The largest absolute Gasteiger partial charge is 0.239 e. The molecule has 2 unspecified atom stereocenters. The average molecular weight is 409 g/mol. The Morgan fingerprint density at radius 3 is 2.30 bits per heavy atom. The van der Waals surface area contributed by atoms with Crippen LogP contribution in [0.3, 0.4) is 0 Å². The number of benzene rings is 2. The van der Waals surface area contributed by atoms with Crippen LogP contribution >= 0.6 is 0 Å². The van der Waals surface area contributed by atoms with Crippen LogP contribution in [0, 0.1) is 24.6 Å². The Kier molecular flexibility index (Phi) is 6.26. The van der Waals surface area contributed by atoms with Crippen LogP contribution in [0.5, 0.6) is 0 Å². The van der Waals surface area contributed by atoms with Crippen molar-refractivity contribution < 1.29 is 13.2 Å². The van der Waals surface area contributed by atoms with E-state index in [2.05, 4.69) is 6.08 Å². The molecule has 0 amide bonds. The second-order valence-corrected chi connectivity index (χ2v) is 8.45. The molecule has 0 nitrogen and oxygen atoms in total. The van der Waals surface area contributed by atoms with Crippen molar-refractivity contribution in [3.8, 4) is 0 Å². The first kappa shape index (κ1) is 20.7. The molecule has 2 aliphatic rings. The van der Waals surface area contributed by atoms with Crippen molar-refractivity contribution in [3.05, 3.63) is 94.8 Å². The lowest BCUT2D eigenvalue weighted by atomic mass is 9.74. The first-order valence-electron chi connectivity index (χ1n) is 10.7. The molecule has 0 bridgehead atoms. The Balaban J connectivity index is 1.41. The summed E-state index contributed by atoms with van der Waals surface area (Å²) in [5, 5.41) is 0. The number of aryl methyl sites for hydroxylation is 1. The highest BCUT2D eigenvalue weighted by molar-refractivity contribution is 5.73. The number of rotatable bonds is 4. The number of hydrogen-bond acceptors (Lipinski definition) is 0. The number of allylic oxidation sites excluding steroid dienone is 5. The van der Waals surface area contributed by atoms with Crippen LogP contribution in [0.25, 0.3) is 11.6 Å². The molecule has 30 heavy (non-hydrogen) atoms. The summed E-state index contributed by atoms with van der Waals surface area (Å²) in [5.74, 6) is 0.218. The van der Waals surface area contributed by atoms with Crippen molar-refractivity contribution in [3.63, 3.8) is 0 Å². The van der Waals surface area contributed by atoms with E-state index < -0.39 is 12.3 Å². The van der Waals surface area contributed by atoms with Gasteiger partial charge >= 0.3 is 0 Å². The smallest absolute Gasteiger partial charge is 0.161 e. The summed E-state index contributed by atoms with van der Waals surface area (Å²) in [4.78, 5) is 0. The molecule has 0 heterocycles. The lowest BCUT2D eigenvalue weighted by molar-refractivity contribution is 0.212. The Morgan fingerprint density at radius 2 is 1.60 bits per heavy atom. The summed E-state index contributed by atoms with van der Waals surface area (Å²) in [5.41, 5.74) is 3.25. The first-order chi connectivity index (χ1) is 14.5. The molecular weight excluding hydrogens is 381 g/mol. The minimum Gasteiger partial charge on any atom is -0.239 e. The Bertz CT molecular complexity index is 963. The fourth-order valence-electron chi connectivity index (χ4n) is 4.60. The molecule has 0 aromatic heterocycles. The zero-order chi connectivity index (χ0) is 21.1. The van der Waals surface area contributed by atoms with Crippen molar-refractivity contribution in [1.82, 2.24) is 0 Å². The molecule has 4 rings (SSSR count). The molecule has 0 saturated heterocycles. The maximum atomic E-state index is 15.0. The molecule has 0 aliphatic heterocycles. The van der Waals surface area contributed by atoms with Crippen LogP contribution in [0.15, 0.2) is 72.3 Å². The van der Waals surface area contributed by atoms with Gasteiger partial charge in [-0.1, -0.05) is 66.8 Å². The van der Waals surface area contributed by atoms with Crippen molar-refractivity contribution in [2.24, 2.45) is 11.8 Å². The van der Waals surface area contributed by atoms with Gasteiger partial charge in [-0.2, -0.15) is 0 Å². The van der Waals surface area contributed by atoms with Crippen LogP contribution in [-0.2, 0) is 0 Å². The second kappa shape index (κ2) is 9.07. The lowest BCUT2D eigenvalue weighted by Gasteiger charge is -2.33. The molecule has 1 fully saturated rings. The van der Waals surface area contributed by atoms with Crippen molar-refractivity contribution >= 4 is 11.6 Å². The average Bonchev–Trinajstić information content (AvgIpc) is 2.76. The summed E-state index contributed by atoms with van der Waals surface area (Å²) in [6, 6.07) is 14.4. The standard InChI is InChI=1S/C27H27F3/c1-18-7-11-22(25(28)17-18)14-10-19-8-12-21(13-9-19)24-16-15-23(26(29)27(24)30)20-5-3-2-4-6-20/h2-7,10-11,14-17,19,21,26-27H,8-9,12-13H2,1H3/b14-10+. The fourth-order valence-corrected chi connectivity index (χ4v) is 4.60. The predicted molar refractivity (Wildman–Crippen MR) is 118 cm³/mol. The SMILES string of the molecule is Cc1ccc(/C=C/C2CCC(C3=CC=C(c4ccccc4)C(F)C3F)CC2)c(F)c1. The lowest BCUT2D eigenvalue weighted by Crippen LogP contribution is -2.29. The summed E-state index contributed by atoms with van der Waals surface area (Å²) in [7, 11) is 0. The van der Waals surface area contributed by atoms with Crippen LogP contribution in [0.4, 0.5) is 13.2 Å². The summed E-state index contributed by atoms with van der Waals surface area (Å²) >= 11 is 0. The molecule has 2 atom stereocenters. The Labute approximate surface area is 176 Å².